The molecule has 102 valence electrons. The number of aromatic amines is 1. The Morgan fingerprint density at radius 1 is 1.20 bits per heavy atom. The molecule has 3 rings (SSSR count). The predicted octanol–water partition coefficient (Wildman–Crippen LogP) is 1.92. The molecule has 0 bridgehead atoms. The minimum absolute atomic E-state index is 0.174. The summed E-state index contributed by atoms with van der Waals surface area (Å²) in [6.07, 6.45) is 5.04. The summed E-state index contributed by atoms with van der Waals surface area (Å²) in [6, 6.07) is 3.52. The topological polar surface area (TPSA) is 76.2 Å². The molecule has 0 radical (unpaired) electrons. The molecule has 0 spiro atoms. The van der Waals surface area contributed by atoms with Crippen molar-refractivity contribution in [3.63, 3.8) is 0 Å². The standard InChI is InChI=1S/C14H13N3O3/c1-19-11-5-8-9(6-13-15-3-4-16-13)14(18)17-10(8)7-12(11)20-2/h3-7H,1-2H3,(H,15,16)(H,17,18). The molecular weight excluding hydrogens is 258 g/mol. The van der Waals surface area contributed by atoms with E-state index in [4.69, 9.17) is 9.47 Å². The molecule has 0 unspecified atom stereocenters. The van der Waals surface area contributed by atoms with Crippen LogP contribution in [0.15, 0.2) is 24.5 Å². The van der Waals surface area contributed by atoms with Crippen molar-refractivity contribution >= 4 is 23.2 Å². The van der Waals surface area contributed by atoms with Crippen molar-refractivity contribution in [2.45, 2.75) is 0 Å². The summed E-state index contributed by atoms with van der Waals surface area (Å²) >= 11 is 0. The Hall–Kier alpha value is -2.76. The summed E-state index contributed by atoms with van der Waals surface area (Å²) in [5, 5.41) is 2.80. The van der Waals surface area contributed by atoms with Crippen LogP contribution in [-0.4, -0.2) is 30.1 Å². The van der Waals surface area contributed by atoms with E-state index < -0.39 is 0 Å². The maximum absolute atomic E-state index is 12.1. The Bertz CT molecular complexity index is 690. The van der Waals surface area contributed by atoms with Crippen LogP contribution in [0.2, 0.25) is 0 Å². The molecular formula is C14H13N3O3. The first-order valence-corrected chi connectivity index (χ1v) is 6.01. The molecule has 6 nitrogen and oxygen atoms in total. The number of imidazole rings is 1. The molecule has 2 aromatic rings. The average Bonchev–Trinajstić information content (AvgIpc) is 3.06. The van der Waals surface area contributed by atoms with E-state index in [0.717, 1.165) is 5.56 Å². The normalized spacial score (nSPS) is 15.1. The number of anilines is 1. The number of methoxy groups -OCH3 is 2. The van der Waals surface area contributed by atoms with Gasteiger partial charge in [-0.1, -0.05) is 0 Å². The molecule has 0 aliphatic carbocycles. The molecule has 0 saturated heterocycles. The highest BCUT2D eigenvalue weighted by Crippen LogP contribution is 2.40. The maximum Gasteiger partial charge on any atom is 0.256 e. The SMILES string of the molecule is COc1cc2c(cc1OC)C(=Cc1ncc[nH]1)C(=O)N2. The van der Waals surface area contributed by atoms with Gasteiger partial charge in [0.2, 0.25) is 0 Å². The fraction of sp³-hybridized carbons (Fsp3) is 0.143. The van der Waals surface area contributed by atoms with Gasteiger partial charge in [-0.15, -0.1) is 0 Å². The van der Waals surface area contributed by atoms with Gasteiger partial charge in [0.15, 0.2) is 11.5 Å². The van der Waals surface area contributed by atoms with E-state index in [1.54, 1.807) is 44.8 Å². The summed E-state index contributed by atoms with van der Waals surface area (Å²) < 4.78 is 10.5. The molecule has 0 atom stereocenters. The van der Waals surface area contributed by atoms with Gasteiger partial charge < -0.3 is 19.8 Å². The monoisotopic (exact) mass is 271 g/mol. The zero-order valence-electron chi connectivity index (χ0n) is 11.1. The second-order valence-electron chi connectivity index (χ2n) is 4.24. The number of aromatic nitrogens is 2. The van der Waals surface area contributed by atoms with Gasteiger partial charge in [0.1, 0.15) is 5.82 Å². The first kappa shape index (κ1) is 12.3. The molecule has 1 aliphatic rings. The first-order chi connectivity index (χ1) is 9.72. The number of nitrogens with zero attached hydrogens (tertiary/aromatic N) is 1. The number of nitrogens with one attached hydrogen (secondary N) is 2. The third-order valence-corrected chi connectivity index (χ3v) is 3.11. The number of carbonyl (C=O) groups is 1. The van der Waals surface area contributed by atoms with Crippen LogP contribution in [0, 0.1) is 0 Å². The van der Waals surface area contributed by atoms with Crippen LogP contribution < -0.4 is 14.8 Å². The molecule has 1 aliphatic heterocycles. The van der Waals surface area contributed by atoms with Gasteiger partial charge in [-0.3, -0.25) is 4.79 Å². The van der Waals surface area contributed by atoms with Gasteiger partial charge in [-0.05, 0) is 12.1 Å². The van der Waals surface area contributed by atoms with E-state index in [1.165, 1.54) is 0 Å². The zero-order chi connectivity index (χ0) is 14.1. The molecule has 1 aromatic heterocycles. The lowest BCUT2D eigenvalue weighted by atomic mass is 10.1. The third kappa shape index (κ3) is 1.91. The summed E-state index contributed by atoms with van der Waals surface area (Å²) in [5.41, 5.74) is 2.01. The van der Waals surface area contributed by atoms with Gasteiger partial charge in [0, 0.05) is 24.0 Å². The number of H-pyrrole nitrogens is 1. The average molecular weight is 271 g/mol. The van der Waals surface area contributed by atoms with E-state index in [9.17, 15) is 4.79 Å². The van der Waals surface area contributed by atoms with Crippen molar-refractivity contribution in [3.8, 4) is 11.5 Å². The van der Waals surface area contributed by atoms with Gasteiger partial charge in [-0.2, -0.15) is 0 Å². The Balaban J connectivity index is 2.12. The van der Waals surface area contributed by atoms with E-state index >= 15 is 0 Å². The summed E-state index contributed by atoms with van der Waals surface area (Å²) in [7, 11) is 3.12. The number of carbonyl (C=O) groups excluding carboxylic acids is 1. The van der Waals surface area contributed by atoms with Gasteiger partial charge >= 0.3 is 0 Å². The van der Waals surface area contributed by atoms with E-state index in [-0.39, 0.29) is 5.91 Å². The van der Waals surface area contributed by atoms with Crippen LogP contribution in [0.4, 0.5) is 5.69 Å². The molecule has 2 N–H and O–H groups in total. The van der Waals surface area contributed by atoms with Crippen LogP contribution in [0.1, 0.15) is 11.4 Å². The van der Waals surface area contributed by atoms with Crippen LogP contribution in [0.3, 0.4) is 0 Å². The minimum Gasteiger partial charge on any atom is -0.493 e. The lowest BCUT2D eigenvalue weighted by Gasteiger charge is -2.09. The highest BCUT2D eigenvalue weighted by Gasteiger charge is 2.26. The van der Waals surface area contributed by atoms with E-state index in [1.807, 2.05) is 0 Å². The third-order valence-electron chi connectivity index (χ3n) is 3.11. The molecule has 6 heteroatoms. The fourth-order valence-corrected chi connectivity index (χ4v) is 2.15. The second-order valence-corrected chi connectivity index (χ2v) is 4.24. The van der Waals surface area contributed by atoms with Crippen molar-refractivity contribution in [1.29, 1.82) is 0 Å². The minimum atomic E-state index is -0.174. The molecule has 20 heavy (non-hydrogen) atoms. The van der Waals surface area contributed by atoms with E-state index in [2.05, 4.69) is 15.3 Å². The quantitative estimate of drug-likeness (QED) is 0.836. The van der Waals surface area contributed by atoms with Crippen molar-refractivity contribution in [1.82, 2.24) is 9.97 Å². The van der Waals surface area contributed by atoms with Gasteiger partial charge in [0.05, 0.1) is 25.5 Å². The Morgan fingerprint density at radius 2 is 1.95 bits per heavy atom. The molecule has 1 amide bonds. The summed E-state index contributed by atoms with van der Waals surface area (Å²) in [4.78, 5) is 19.1. The zero-order valence-corrected chi connectivity index (χ0v) is 11.1. The number of amides is 1. The Kier molecular flexibility index (Phi) is 2.90. The van der Waals surface area contributed by atoms with Crippen LogP contribution in [-0.2, 0) is 4.79 Å². The Morgan fingerprint density at radius 3 is 2.60 bits per heavy atom. The number of hydrogen-bond acceptors (Lipinski definition) is 4. The van der Waals surface area contributed by atoms with Crippen molar-refractivity contribution in [2.24, 2.45) is 0 Å². The lowest BCUT2D eigenvalue weighted by molar-refractivity contribution is -0.110. The van der Waals surface area contributed by atoms with E-state index in [0.29, 0.717) is 28.6 Å². The fourth-order valence-electron chi connectivity index (χ4n) is 2.15. The van der Waals surface area contributed by atoms with Crippen LogP contribution in [0.25, 0.3) is 11.6 Å². The highest BCUT2D eigenvalue weighted by molar-refractivity contribution is 6.34. The number of fused-ring (bicyclic) bond motifs is 1. The molecule has 0 saturated carbocycles. The predicted molar refractivity (Wildman–Crippen MR) is 74.6 cm³/mol. The molecule has 0 fully saturated rings. The maximum atomic E-state index is 12.1. The number of rotatable bonds is 3. The smallest absolute Gasteiger partial charge is 0.256 e. The van der Waals surface area contributed by atoms with Crippen molar-refractivity contribution in [3.05, 3.63) is 35.9 Å². The highest BCUT2D eigenvalue weighted by atomic mass is 16.5. The van der Waals surface area contributed by atoms with Gasteiger partial charge in [-0.25, -0.2) is 4.98 Å². The van der Waals surface area contributed by atoms with Gasteiger partial charge in [0.25, 0.3) is 5.91 Å². The second kappa shape index (κ2) is 4.73. The lowest BCUT2D eigenvalue weighted by Crippen LogP contribution is -2.03. The van der Waals surface area contributed by atoms with Crippen molar-refractivity contribution in [2.75, 3.05) is 19.5 Å². The summed E-state index contributed by atoms with van der Waals surface area (Å²) in [6.45, 7) is 0. The van der Waals surface area contributed by atoms with Crippen molar-refractivity contribution < 1.29 is 14.3 Å². The number of ether oxygens (including phenoxy) is 2. The summed E-state index contributed by atoms with van der Waals surface area (Å²) in [5.74, 6) is 1.60. The largest absolute Gasteiger partial charge is 0.493 e. The van der Waals surface area contributed by atoms with Crippen LogP contribution in [0.5, 0.6) is 11.5 Å². The molecule has 1 aromatic carbocycles. The van der Waals surface area contributed by atoms with Crippen LogP contribution >= 0.6 is 0 Å². The number of hydrogen-bond donors (Lipinski definition) is 2. The number of benzene rings is 1. The molecule has 2 heterocycles. The first-order valence-electron chi connectivity index (χ1n) is 6.01. The Labute approximate surface area is 115 Å².